The van der Waals surface area contributed by atoms with Crippen LogP contribution in [0.4, 0.5) is 5.13 Å². The molecule has 2 aromatic rings. The summed E-state index contributed by atoms with van der Waals surface area (Å²) in [5.74, 6) is 0. The van der Waals surface area contributed by atoms with Crippen molar-refractivity contribution in [3.63, 3.8) is 0 Å². The molecule has 0 unspecified atom stereocenters. The fourth-order valence-corrected chi connectivity index (χ4v) is 2.88. The van der Waals surface area contributed by atoms with Gasteiger partial charge in [-0.3, -0.25) is 5.01 Å². The van der Waals surface area contributed by atoms with Crippen molar-refractivity contribution in [1.29, 1.82) is 0 Å². The zero-order valence-electron chi connectivity index (χ0n) is 11.5. The second kappa shape index (κ2) is 6.84. The standard InChI is InChI=1S/C13H18N4S.ClH/c1-9(2)17(14-4)13-16-15-12(18-13)11-8-6-5-7-10(11)3;/h5-9,14H,1-4H3;1H. The van der Waals surface area contributed by atoms with Crippen molar-refractivity contribution < 1.29 is 0 Å². The first kappa shape index (κ1) is 15.9. The number of nitrogens with zero attached hydrogens (tertiary/aromatic N) is 3. The molecule has 1 N–H and O–H groups in total. The fraction of sp³-hybridized carbons (Fsp3) is 0.385. The summed E-state index contributed by atoms with van der Waals surface area (Å²) in [6, 6.07) is 8.58. The van der Waals surface area contributed by atoms with E-state index in [0.717, 1.165) is 15.7 Å². The van der Waals surface area contributed by atoms with E-state index in [1.807, 2.05) is 24.2 Å². The Morgan fingerprint density at radius 2 is 1.89 bits per heavy atom. The number of anilines is 1. The maximum absolute atomic E-state index is 4.29. The molecule has 1 aromatic carbocycles. The number of aryl methyl sites for hydroxylation is 1. The van der Waals surface area contributed by atoms with Crippen molar-refractivity contribution in [3.05, 3.63) is 29.8 Å². The Morgan fingerprint density at radius 1 is 1.21 bits per heavy atom. The van der Waals surface area contributed by atoms with Crippen molar-refractivity contribution in [2.45, 2.75) is 26.8 Å². The molecule has 1 aromatic heterocycles. The predicted octanol–water partition coefficient (Wildman–Crippen LogP) is 3.28. The molecular formula is C13H19ClN4S. The molecule has 0 bridgehead atoms. The first-order chi connectivity index (χ1) is 8.63. The summed E-state index contributed by atoms with van der Waals surface area (Å²) in [4.78, 5) is 0. The molecule has 4 nitrogen and oxygen atoms in total. The van der Waals surface area contributed by atoms with Gasteiger partial charge in [-0.25, -0.2) is 5.43 Å². The van der Waals surface area contributed by atoms with E-state index in [2.05, 4.69) is 48.5 Å². The highest BCUT2D eigenvalue weighted by molar-refractivity contribution is 7.18. The molecule has 0 fully saturated rings. The van der Waals surface area contributed by atoms with Crippen molar-refractivity contribution in [2.24, 2.45) is 0 Å². The zero-order chi connectivity index (χ0) is 13.1. The third-order valence-electron chi connectivity index (χ3n) is 2.75. The van der Waals surface area contributed by atoms with Gasteiger partial charge < -0.3 is 0 Å². The van der Waals surface area contributed by atoms with E-state index in [0.29, 0.717) is 6.04 Å². The van der Waals surface area contributed by atoms with E-state index in [1.165, 1.54) is 5.56 Å². The van der Waals surface area contributed by atoms with Crippen LogP contribution in [0.25, 0.3) is 10.6 Å². The van der Waals surface area contributed by atoms with Crippen LogP contribution in [-0.4, -0.2) is 23.3 Å². The molecule has 2 rings (SSSR count). The van der Waals surface area contributed by atoms with Crippen molar-refractivity contribution in [2.75, 3.05) is 12.1 Å². The Balaban J connectivity index is 0.00000180. The number of benzene rings is 1. The summed E-state index contributed by atoms with van der Waals surface area (Å²) in [7, 11) is 1.90. The SMILES string of the molecule is CNN(c1nnc(-c2ccccc2C)s1)C(C)C.Cl. The fourth-order valence-electron chi connectivity index (χ4n) is 1.81. The number of hydrogen-bond acceptors (Lipinski definition) is 5. The molecule has 0 atom stereocenters. The molecule has 0 saturated heterocycles. The number of nitrogens with one attached hydrogen (secondary N) is 1. The zero-order valence-corrected chi connectivity index (χ0v) is 13.2. The van der Waals surface area contributed by atoms with Crippen molar-refractivity contribution in [3.8, 4) is 10.6 Å². The van der Waals surface area contributed by atoms with Gasteiger partial charge in [0.15, 0.2) is 0 Å². The van der Waals surface area contributed by atoms with Gasteiger partial charge in [0.1, 0.15) is 5.01 Å². The summed E-state index contributed by atoms with van der Waals surface area (Å²) in [5.41, 5.74) is 5.52. The maximum atomic E-state index is 4.29. The molecule has 0 amide bonds. The van der Waals surface area contributed by atoms with Gasteiger partial charge >= 0.3 is 0 Å². The van der Waals surface area contributed by atoms with Crippen LogP contribution in [0.5, 0.6) is 0 Å². The molecule has 104 valence electrons. The Kier molecular flexibility index (Phi) is 5.72. The van der Waals surface area contributed by atoms with Gasteiger partial charge in [-0.15, -0.1) is 22.6 Å². The Hall–Kier alpha value is -1.17. The second-order valence-electron chi connectivity index (χ2n) is 4.39. The molecule has 0 aliphatic carbocycles. The van der Waals surface area contributed by atoms with Crippen LogP contribution in [-0.2, 0) is 0 Å². The lowest BCUT2D eigenvalue weighted by Crippen LogP contribution is -2.40. The minimum atomic E-state index is 0. The minimum absolute atomic E-state index is 0. The third kappa shape index (κ3) is 3.43. The van der Waals surface area contributed by atoms with Crippen LogP contribution in [0, 0.1) is 6.92 Å². The second-order valence-corrected chi connectivity index (χ2v) is 5.35. The highest BCUT2D eigenvalue weighted by atomic mass is 35.5. The van der Waals surface area contributed by atoms with E-state index >= 15 is 0 Å². The predicted molar refractivity (Wildman–Crippen MR) is 84.0 cm³/mol. The molecular weight excluding hydrogens is 280 g/mol. The van der Waals surface area contributed by atoms with E-state index < -0.39 is 0 Å². The van der Waals surface area contributed by atoms with Crippen LogP contribution in [0.15, 0.2) is 24.3 Å². The van der Waals surface area contributed by atoms with E-state index in [4.69, 9.17) is 0 Å². The Labute approximate surface area is 124 Å². The quantitative estimate of drug-likeness (QED) is 0.880. The average molecular weight is 299 g/mol. The highest BCUT2D eigenvalue weighted by Crippen LogP contribution is 2.30. The van der Waals surface area contributed by atoms with Gasteiger partial charge in [0, 0.05) is 18.7 Å². The summed E-state index contributed by atoms with van der Waals surface area (Å²) in [6.45, 7) is 6.32. The molecule has 0 radical (unpaired) electrons. The topological polar surface area (TPSA) is 41.0 Å². The first-order valence-electron chi connectivity index (χ1n) is 5.99. The van der Waals surface area contributed by atoms with Gasteiger partial charge in [-0.05, 0) is 26.3 Å². The monoisotopic (exact) mass is 298 g/mol. The largest absolute Gasteiger partial charge is 0.280 e. The average Bonchev–Trinajstić information content (AvgIpc) is 2.79. The van der Waals surface area contributed by atoms with Crippen LogP contribution in [0.2, 0.25) is 0 Å². The van der Waals surface area contributed by atoms with Crippen molar-refractivity contribution >= 4 is 28.9 Å². The minimum Gasteiger partial charge on any atom is -0.280 e. The van der Waals surface area contributed by atoms with E-state index in [1.54, 1.807) is 11.3 Å². The first-order valence-corrected chi connectivity index (χ1v) is 6.81. The lowest BCUT2D eigenvalue weighted by molar-refractivity contribution is 0.610. The Bertz CT molecular complexity index is 527. The molecule has 0 aliphatic heterocycles. The van der Waals surface area contributed by atoms with Crippen LogP contribution < -0.4 is 10.4 Å². The molecule has 1 heterocycles. The third-order valence-corrected chi connectivity index (χ3v) is 3.71. The number of rotatable bonds is 4. The molecule has 6 heteroatoms. The van der Waals surface area contributed by atoms with Gasteiger partial charge in [0.05, 0.1) is 0 Å². The highest BCUT2D eigenvalue weighted by Gasteiger charge is 2.15. The van der Waals surface area contributed by atoms with Gasteiger partial charge in [0.25, 0.3) is 0 Å². The van der Waals surface area contributed by atoms with Gasteiger partial charge in [-0.2, -0.15) is 0 Å². The van der Waals surface area contributed by atoms with Crippen LogP contribution >= 0.6 is 23.7 Å². The normalized spacial score (nSPS) is 10.4. The van der Waals surface area contributed by atoms with Gasteiger partial charge in [0.2, 0.25) is 5.13 Å². The summed E-state index contributed by atoms with van der Waals surface area (Å²) in [5, 5.41) is 12.4. The van der Waals surface area contributed by atoms with Crippen LogP contribution in [0.1, 0.15) is 19.4 Å². The van der Waals surface area contributed by atoms with Gasteiger partial charge in [-0.1, -0.05) is 35.6 Å². The molecule has 0 spiro atoms. The van der Waals surface area contributed by atoms with Crippen LogP contribution in [0.3, 0.4) is 0 Å². The lowest BCUT2D eigenvalue weighted by Gasteiger charge is -2.23. The van der Waals surface area contributed by atoms with E-state index in [-0.39, 0.29) is 12.4 Å². The maximum Gasteiger partial charge on any atom is 0.223 e. The number of halogens is 1. The number of hydrogen-bond donors (Lipinski definition) is 1. The van der Waals surface area contributed by atoms with E-state index in [9.17, 15) is 0 Å². The smallest absolute Gasteiger partial charge is 0.223 e. The number of hydrazine groups is 1. The molecule has 0 saturated carbocycles. The lowest BCUT2D eigenvalue weighted by atomic mass is 10.1. The molecule has 19 heavy (non-hydrogen) atoms. The Morgan fingerprint density at radius 3 is 2.47 bits per heavy atom. The summed E-state index contributed by atoms with van der Waals surface area (Å²) < 4.78 is 0. The summed E-state index contributed by atoms with van der Waals surface area (Å²) in [6.07, 6.45) is 0. The van der Waals surface area contributed by atoms with Crippen molar-refractivity contribution in [1.82, 2.24) is 15.6 Å². The summed E-state index contributed by atoms with van der Waals surface area (Å²) >= 11 is 1.60. The number of aromatic nitrogens is 2. The molecule has 0 aliphatic rings.